The molecule has 0 aliphatic carbocycles. The van der Waals surface area contributed by atoms with E-state index in [1.54, 1.807) is 12.2 Å². The molecule has 0 aromatic heterocycles. The summed E-state index contributed by atoms with van der Waals surface area (Å²) in [6.07, 6.45) is 7.07. The van der Waals surface area contributed by atoms with Crippen LogP contribution in [-0.4, -0.2) is 31.4 Å². The van der Waals surface area contributed by atoms with Crippen LogP contribution in [0.25, 0.3) is 0 Å². The lowest BCUT2D eigenvalue weighted by molar-refractivity contribution is -0.118. The smallest absolute Gasteiger partial charge is 0.257 e. The van der Waals surface area contributed by atoms with E-state index >= 15 is 0 Å². The zero-order chi connectivity index (χ0) is 11.1. The van der Waals surface area contributed by atoms with Gasteiger partial charge in [-0.1, -0.05) is 12.7 Å². The number of rotatable bonds is 4. The molecule has 1 aliphatic heterocycles. The highest BCUT2D eigenvalue weighted by molar-refractivity contribution is 8.03. The molecule has 3 nitrogen and oxygen atoms in total. The molecular weight excluding hydrogens is 210 g/mol. The average molecular weight is 227 g/mol. The summed E-state index contributed by atoms with van der Waals surface area (Å²) >= 11 is 1.44. The van der Waals surface area contributed by atoms with E-state index < -0.39 is 0 Å². The third-order valence-corrected chi connectivity index (χ3v) is 3.03. The van der Waals surface area contributed by atoms with Gasteiger partial charge in [-0.3, -0.25) is 4.79 Å². The van der Waals surface area contributed by atoms with E-state index in [0.717, 1.165) is 26.1 Å². The molecule has 1 aliphatic rings. The molecular formula is C11H17NO2S. The van der Waals surface area contributed by atoms with Crippen molar-refractivity contribution in [3.05, 3.63) is 23.6 Å². The molecule has 1 fully saturated rings. The Balaban J connectivity index is 2.45. The molecule has 0 aromatic carbocycles. The second-order valence-corrected chi connectivity index (χ2v) is 4.18. The maximum absolute atomic E-state index is 11.7. The van der Waals surface area contributed by atoms with Gasteiger partial charge in [0.25, 0.3) is 5.91 Å². The molecule has 1 N–H and O–H groups in total. The zero-order valence-corrected chi connectivity index (χ0v) is 9.81. The van der Waals surface area contributed by atoms with Gasteiger partial charge in [0.1, 0.15) is 0 Å². The fraction of sp³-hybridized carbons (Fsp3) is 0.545. The summed E-state index contributed by atoms with van der Waals surface area (Å²) in [4.78, 5) is 12.4. The molecule has 0 spiro atoms. The first-order valence-corrected chi connectivity index (χ1v) is 6.25. The monoisotopic (exact) mass is 227 g/mol. The van der Waals surface area contributed by atoms with Crippen molar-refractivity contribution in [3.63, 3.8) is 0 Å². The van der Waals surface area contributed by atoms with Gasteiger partial charge in [0.15, 0.2) is 0 Å². The molecule has 1 rings (SSSR count). The van der Waals surface area contributed by atoms with Crippen LogP contribution in [0, 0.1) is 0 Å². The summed E-state index contributed by atoms with van der Waals surface area (Å²) in [5.41, 5.74) is 0. The van der Waals surface area contributed by atoms with Gasteiger partial charge < -0.3 is 10.1 Å². The van der Waals surface area contributed by atoms with Crippen molar-refractivity contribution in [2.45, 2.75) is 18.9 Å². The highest BCUT2D eigenvalue weighted by atomic mass is 32.2. The second kappa shape index (κ2) is 6.69. The Morgan fingerprint density at radius 3 is 2.73 bits per heavy atom. The van der Waals surface area contributed by atoms with Crippen LogP contribution in [0.2, 0.25) is 0 Å². The van der Waals surface area contributed by atoms with E-state index in [4.69, 9.17) is 4.74 Å². The van der Waals surface area contributed by atoms with Gasteiger partial charge >= 0.3 is 0 Å². The van der Waals surface area contributed by atoms with E-state index in [-0.39, 0.29) is 11.9 Å². The lowest BCUT2D eigenvalue weighted by Crippen LogP contribution is -2.39. The van der Waals surface area contributed by atoms with Gasteiger partial charge in [-0.05, 0) is 25.2 Å². The van der Waals surface area contributed by atoms with Crippen LogP contribution in [0.4, 0.5) is 0 Å². The van der Waals surface area contributed by atoms with Crippen LogP contribution in [-0.2, 0) is 9.53 Å². The number of ether oxygens (including phenoxy) is 1. The summed E-state index contributed by atoms with van der Waals surface area (Å²) < 4.78 is 5.23. The number of nitrogens with one attached hydrogen (secondary N) is 1. The predicted octanol–water partition coefficient (Wildman–Crippen LogP) is 1.71. The number of hydrogen-bond donors (Lipinski definition) is 1. The Labute approximate surface area is 95.0 Å². The Morgan fingerprint density at radius 2 is 2.20 bits per heavy atom. The summed E-state index contributed by atoms with van der Waals surface area (Å²) in [6, 6.07) is 0.256. The first kappa shape index (κ1) is 12.3. The molecule has 15 heavy (non-hydrogen) atoms. The van der Waals surface area contributed by atoms with Crippen molar-refractivity contribution in [1.82, 2.24) is 5.32 Å². The SMILES string of the molecule is C=C/C=C(\SC)C(=O)NC1CCOCC1. The Hall–Kier alpha value is -0.740. The fourth-order valence-corrected chi connectivity index (χ4v) is 1.92. The van der Waals surface area contributed by atoms with Crippen LogP contribution in [0.15, 0.2) is 23.6 Å². The van der Waals surface area contributed by atoms with Crippen LogP contribution in [0.1, 0.15) is 12.8 Å². The van der Waals surface area contributed by atoms with Gasteiger partial charge in [-0.2, -0.15) is 0 Å². The number of carbonyl (C=O) groups is 1. The minimum atomic E-state index is -0.00528. The van der Waals surface area contributed by atoms with Crippen LogP contribution in [0.3, 0.4) is 0 Å². The van der Waals surface area contributed by atoms with Crippen molar-refractivity contribution in [2.24, 2.45) is 0 Å². The van der Waals surface area contributed by atoms with Crippen LogP contribution in [0.5, 0.6) is 0 Å². The molecule has 0 radical (unpaired) electrons. The van der Waals surface area contributed by atoms with Crippen molar-refractivity contribution in [2.75, 3.05) is 19.5 Å². The predicted molar refractivity (Wildman–Crippen MR) is 63.8 cm³/mol. The molecule has 1 amide bonds. The van der Waals surface area contributed by atoms with E-state index in [1.165, 1.54) is 11.8 Å². The number of allylic oxidation sites excluding steroid dienone is 2. The molecule has 0 atom stereocenters. The van der Waals surface area contributed by atoms with E-state index in [0.29, 0.717) is 4.91 Å². The average Bonchev–Trinajstić information content (AvgIpc) is 2.27. The number of hydrogen-bond acceptors (Lipinski definition) is 3. The minimum Gasteiger partial charge on any atom is -0.381 e. The Bertz CT molecular complexity index is 257. The number of carbonyl (C=O) groups excluding carboxylic acids is 1. The maximum Gasteiger partial charge on any atom is 0.257 e. The van der Waals surface area contributed by atoms with Crippen LogP contribution < -0.4 is 5.32 Å². The molecule has 0 unspecified atom stereocenters. The largest absolute Gasteiger partial charge is 0.381 e. The molecule has 0 saturated carbocycles. The number of amides is 1. The van der Waals surface area contributed by atoms with Gasteiger partial charge in [-0.25, -0.2) is 0 Å². The summed E-state index contributed by atoms with van der Waals surface area (Å²) in [7, 11) is 0. The van der Waals surface area contributed by atoms with E-state index in [1.807, 2.05) is 6.26 Å². The van der Waals surface area contributed by atoms with Gasteiger partial charge in [0.2, 0.25) is 0 Å². The van der Waals surface area contributed by atoms with Crippen molar-refractivity contribution in [1.29, 1.82) is 0 Å². The molecule has 1 saturated heterocycles. The molecule has 0 bridgehead atoms. The molecule has 4 heteroatoms. The molecule has 1 heterocycles. The summed E-state index contributed by atoms with van der Waals surface area (Å²) in [5.74, 6) is -0.00528. The Kier molecular flexibility index (Phi) is 5.50. The Morgan fingerprint density at radius 1 is 1.53 bits per heavy atom. The third kappa shape index (κ3) is 4.10. The summed E-state index contributed by atoms with van der Waals surface area (Å²) in [6.45, 7) is 5.07. The quantitative estimate of drug-likeness (QED) is 0.587. The van der Waals surface area contributed by atoms with Crippen molar-refractivity contribution < 1.29 is 9.53 Å². The standard InChI is InChI=1S/C11H17NO2S/c1-3-4-10(15-2)11(13)12-9-5-7-14-8-6-9/h3-4,9H,1,5-8H2,2H3,(H,12,13)/b10-4-. The van der Waals surface area contributed by atoms with Gasteiger partial charge in [0.05, 0.1) is 4.91 Å². The summed E-state index contributed by atoms with van der Waals surface area (Å²) in [5, 5.41) is 3.00. The maximum atomic E-state index is 11.7. The topological polar surface area (TPSA) is 38.3 Å². The second-order valence-electron chi connectivity index (χ2n) is 3.33. The minimum absolute atomic E-state index is 0.00528. The molecule has 84 valence electrons. The lowest BCUT2D eigenvalue weighted by atomic mass is 10.1. The van der Waals surface area contributed by atoms with Gasteiger partial charge in [-0.15, -0.1) is 11.8 Å². The van der Waals surface area contributed by atoms with Gasteiger partial charge in [0, 0.05) is 19.3 Å². The lowest BCUT2D eigenvalue weighted by Gasteiger charge is -2.23. The first-order valence-electron chi connectivity index (χ1n) is 5.03. The van der Waals surface area contributed by atoms with Crippen molar-refractivity contribution in [3.8, 4) is 0 Å². The van der Waals surface area contributed by atoms with E-state index in [9.17, 15) is 4.79 Å². The highest BCUT2D eigenvalue weighted by Gasteiger charge is 2.17. The highest BCUT2D eigenvalue weighted by Crippen LogP contribution is 2.13. The van der Waals surface area contributed by atoms with Crippen LogP contribution >= 0.6 is 11.8 Å². The zero-order valence-electron chi connectivity index (χ0n) is 8.99. The van der Waals surface area contributed by atoms with E-state index in [2.05, 4.69) is 11.9 Å². The number of thioether (sulfide) groups is 1. The normalized spacial score (nSPS) is 18.6. The van der Waals surface area contributed by atoms with Crippen molar-refractivity contribution >= 4 is 17.7 Å². The third-order valence-electron chi connectivity index (χ3n) is 2.27. The first-order chi connectivity index (χ1) is 7.27. The molecule has 0 aromatic rings. The fourth-order valence-electron chi connectivity index (χ4n) is 1.44.